The van der Waals surface area contributed by atoms with Gasteiger partial charge in [0.2, 0.25) is 5.90 Å². The summed E-state index contributed by atoms with van der Waals surface area (Å²) in [7, 11) is 0. The molecular formula is C26H18N2O3S. The number of aryl methyl sites for hydroxylation is 1. The first-order valence-corrected chi connectivity index (χ1v) is 10.9. The summed E-state index contributed by atoms with van der Waals surface area (Å²) in [5.74, 6) is -0.879. The average Bonchev–Trinajstić information content (AvgIpc) is 3.17. The van der Waals surface area contributed by atoms with Crippen LogP contribution in [-0.4, -0.2) is 11.9 Å². The Kier molecular flexibility index (Phi) is 4.96. The number of fused-ring (bicyclic) bond motifs is 3. The van der Waals surface area contributed by atoms with Crippen LogP contribution in [0.5, 0.6) is 11.5 Å². The van der Waals surface area contributed by atoms with Gasteiger partial charge in [0.1, 0.15) is 11.7 Å². The Morgan fingerprint density at radius 2 is 1.78 bits per heavy atom. The lowest BCUT2D eigenvalue weighted by molar-refractivity contribution is 0.0732. The van der Waals surface area contributed by atoms with E-state index in [0.717, 1.165) is 20.5 Å². The molecule has 156 valence electrons. The number of hydrogen-bond acceptors (Lipinski definition) is 6. The van der Waals surface area contributed by atoms with E-state index in [1.165, 1.54) is 11.3 Å². The van der Waals surface area contributed by atoms with Crippen molar-refractivity contribution in [3.63, 3.8) is 0 Å². The van der Waals surface area contributed by atoms with Gasteiger partial charge in [-0.25, -0.2) is 4.79 Å². The summed E-state index contributed by atoms with van der Waals surface area (Å²) < 4.78 is 12.7. The molecule has 2 heterocycles. The summed E-state index contributed by atoms with van der Waals surface area (Å²) in [4.78, 5) is 13.8. The molecule has 0 radical (unpaired) electrons. The second kappa shape index (κ2) is 7.95. The highest BCUT2D eigenvalue weighted by Gasteiger charge is 2.40. The zero-order chi connectivity index (χ0) is 22.2. The fraction of sp³-hybridized carbons (Fsp3) is 0.115. The Labute approximate surface area is 189 Å². The first-order valence-electron chi connectivity index (χ1n) is 10.1. The van der Waals surface area contributed by atoms with Crippen molar-refractivity contribution in [2.45, 2.75) is 12.8 Å². The van der Waals surface area contributed by atoms with E-state index in [2.05, 4.69) is 6.07 Å². The summed E-state index contributed by atoms with van der Waals surface area (Å²) in [5, 5.41) is 19.2. The van der Waals surface area contributed by atoms with Crippen LogP contribution in [0.3, 0.4) is 0 Å². The first kappa shape index (κ1) is 20.0. The maximum Gasteiger partial charge on any atom is 0.343 e. The lowest BCUT2D eigenvalue weighted by Crippen LogP contribution is -2.30. The van der Waals surface area contributed by atoms with E-state index < -0.39 is 17.8 Å². The number of carbonyl (C=O) groups is 1. The Hall–Kier alpha value is -3.95. The average molecular weight is 439 g/mol. The summed E-state index contributed by atoms with van der Waals surface area (Å²) >= 11 is 1.54. The van der Waals surface area contributed by atoms with Crippen LogP contribution >= 0.6 is 11.3 Å². The van der Waals surface area contributed by atoms with Crippen LogP contribution in [0.25, 0.3) is 10.1 Å². The number of rotatable bonds is 3. The highest BCUT2D eigenvalue weighted by molar-refractivity contribution is 7.19. The van der Waals surface area contributed by atoms with Gasteiger partial charge in [-0.2, -0.15) is 5.26 Å². The van der Waals surface area contributed by atoms with Crippen LogP contribution in [-0.2, 0) is 0 Å². The molecule has 0 amide bonds. The Bertz CT molecular complexity index is 1420. The van der Waals surface area contributed by atoms with Gasteiger partial charge in [0, 0.05) is 15.6 Å². The first-order chi connectivity index (χ1) is 15.6. The lowest BCUT2D eigenvalue weighted by atomic mass is 9.83. The van der Waals surface area contributed by atoms with E-state index in [0.29, 0.717) is 22.6 Å². The highest BCUT2D eigenvalue weighted by Crippen LogP contribution is 2.51. The third-order valence-corrected chi connectivity index (χ3v) is 6.88. The van der Waals surface area contributed by atoms with Gasteiger partial charge < -0.3 is 9.47 Å². The minimum Gasteiger partial charge on any atom is -0.440 e. The second-order valence-corrected chi connectivity index (χ2v) is 8.67. The molecule has 0 spiro atoms. The van der Waals surface area contributed by atoms with E-state index in [9.17, 15) is 10.1 Å². The lowest BCUT2D eigenvalue weighted by Gasteiger charge is -2.29. The van der Waals surface area contributed by atoms with Gasteiger partial charge in [0.25, 0.3) is 0 Å². The van der Waals surface area contributed by atoms with Gasteiger partial charge in [-0.1, -0.05) is 48.5 Å². The van der Waals surface area contributed by atoms with Crippen molar-refractivity contribution < 1.29 is 14.3 Å². The van der Waals surface area contributed by atoms with Crippen molar-refractivity contribution in [3.05, 3.63) is 94.4 Å². The Balaban J connectivity index is 1.63. The number of para-hydroxylation sites is 1. The Morgan fingerprint density at radius 1 is 1.06 bits per heavy atom. The van der Waals surface area contributed by atoms with Crippen molar-refractivity contribution in [3.8, 4) is 17.6 Å². The van der Waals surface area contributed by atoms with E-state index >= 15 is 0 Å². The molecule has 3 aromatic carbocycles. The molecule has 0 aliphatic carbocycles. The summed E-state index contributed by atoms with van der Waals surface area (Å²) in [5.41, 5.74) is 1.99. The van der Waals surface area contributed by atoms with Crippen LogP contribution in [0, 0.1) is 29.6 Å². The topological polar surface area (TPSA) is 83.2 Å². The van der Waals surface area contributed by atoms with Crippen LogP contribution in [0.1, 0.15) is 32.3 Å². The van der Waals surface area contributed by atoms with Crippen molar-refractivity contribution in [1.82, 2.24) is 0 Å². The normalized spacial score (nSPS) is 17.3. The van der Waals surface area contributed by atoms with E-state index in [1.807, 2.05) is 55.5 Å². The van der Waals surface area contributed by atoms with Crippen molar-refractivity contribution in [2.24, 2.45) is 5.92 Å². The number of nitrogens with one attached hydrogen (secondary N) is 1. The molecule has 1 aliphatic rings. The highest BCUT2D eigenvalue weighted by atomic mass is 32.1. The molecule has 1 N–H and O–H groups in total. The molecule has 1 aromatic heterocycles. The standard InChI is InChI=1S/C26H18N2O3S/c1-15-8-2-3-9-16(15)26(29)30-20-12-6-4-10-17(20)22-19(14-27)25(28)31-23-18-11-5-7-13-21(18)32-24(22)23/h2-13,19,22,28H,1H3. The van der Waals surface area contributed by atoms with Gasteiger partial charge in [0.05, 0.1) is 22.4 Å². The van der Waals surface area contributed by atoms with Gasteiger partial charge in [-0.3, -0.25) is 5.41 Å². The minimum atomic E-state index is -0.825. The largest absolute Gasteiger partial charge is 0.440 e. The number of hydrogen-bond donors (Lipinski definition) is 1. The number of thiophene rings is 1. The van der Waals surface area contributed by atoms with Gasteiger partial charge in [-0.05, 0) is 36.8 Å². The molecular weight excluding hydrogens is 420 g/mol. The van der Waals surface area contributed by atoms with Crippen LogP contribution in [0.4, 0.5) is 0 Å². The molecule has 1 aliphatic heterocycles. The molecule has 4 aromatic rings. The van der Waals surface area contributed by atoms with Crippen molar-refractivity contribution >= 4 is 33.3 Å². The van der Waals surface area contributed by atoms with E-state index in [1.54, 1.807) is 24.3 Å². The fourth-order valence-electron chi connectivity index (χ4n) is 4.07. The maximum atomic E-state index is 12.9. The van der Waals surface area contributed by atoms with Gasteiger partial charge in [0.15, 0.2) is 5.75 Å². The minimum absolute atomic E-state index is 0.103. The van der Waals surface area contributed by atoms with E-state index in [-0.39, 0.29) is 5.90 Å². The van der Waals surface area contributed by atoms with Crippen molar-refractivity contribution in [1.29, 1.82) is 10.7 Å². The number of nitriles is 1. The molecule has 0 bridgehead atoms. The molecule has 2 unspecified atom stereocenters. The third-order valence-electron chi connectivity index (χ3n) is 5.65. The summed E-state index contributed by atoms with van der Waals surface area (Å²) in [6, 6.07) is 24.5. The molecule has 0 saturated carbocycles. The molecule has 32 heavy (non-hydrogen) atoms. The number of ether oxygens (including phenoxy) is 2. The maximum absolute atomic E-state index is 12.9. The van der Waals surface area contributed by atoms with Crippen LogP contribution in [0.2, 0.25) is 0 Å². The monoisotopic (exact) mass is 438 g/mol. The summed E-state index contributed by atoms with van der Waals surface area (Å²) in [6.45, 7) is 1.86. The smallest absolute Gasteiger partial charge is 0.343 e. The van der Waals surface area contributed by atoms with Gasteiger partial charge in [-0.15, -0.1) is 11.3 Å². The van der Waals surface area contributed by atoms with Gasteiger partial charge >= 0.3 is 5.97 Å². The van der Waals surface area contributed by atoms with Crippen molar-refractivity contribution in [2.75, 3.05) is 0 Å². The number of esters is 1. The zero-order valence-electron chi connectivity index (χ0n) is 17.2. The SMILES string of the molecule is Cc1ccccc1C(=O)Oc1ccccc1C1c2sc3ccccc3c2OC(=N)C1C#N. The quantitative estimate of drug-likeness (QED) is 0.311. The van der Waals surface area contributed by atoms with Crippen LogP contribution in [0.15, 0.2) is 72.8 Å². The molecule has 0 fully saturated rings. The number of benzene rings is 3. The van der Waals surface area contributed by atoms with Crippen LogP contribution < -0.4 is 9.47 Å². The number of carbonyl (C=O) groups excluding carboxylic acids is 1. The zero-order valence-corrected chi connectivity index (χ0v) is 18.0. The predicted molar refractivity (Wildman–Crippen MR) is 124 cm³/mol. The third kappa shape index (κ3) is 3.24. The second-order valence-electron chi connectivity index (χ2n) is 7.58. The Morgan fingerprint density at radius 3 is 2.59 bits per heavy atom. The molecule has 5 rings (SSSR count). The molecule has 0 saturated heterocycles. The summed E-state index contributed by atoms with van der Waals surface area (Å²) in [6.07, 6.45) is 0. The predicted octanol–water partition coefficient (Wildman–Crippen LogP) is 6.07. The number of nitrogens with zero attached hydrogens (tertiary/aromatic N) is 1. The molecule has 2 atom stereocenters. The molecule has 5 nitrogen and oxygen atoms in total. The van der Waals surface area contributed by atoms with E-state index in [4.69, 9.17) is 14.9 Å². The molecule has 6 heteroatoms. The fourth-order valence-corrected chi connectivity index (χ4v) is 5.36.